The molecular weight excluding hydrogens is 232 g/mol. The van der Waals surface area contributed by atoms with Crippen molar-refractivity contribution >= 4 is 5.91 Å². The van der Waals surface area contributed by atoms with Gasteiger partial charge in [0.2, 0.25) is 5.82 Å². The van der Waals surface area contributed by atoms with Gasteiger partial charge in [0.25, 0.3) is 5.91 Å². The smallest absolute Gasteiger partial charge is 0.293 e. The Labute approximate surface area is 105 Å². The third kappa shape index (κ3) is 1.71. The molecule has 0 aromatic carbocycles. The van der Waals surface area contributed by atoms with Crippen LogP contribution in [0, 0.1) is 0 Å². The van der Waals surface area contributed by atoms with E-state index in [1.807, 2.05) is 4.90 Å². The van der Waals surface area contributed by atoms with Crippen molar-refractivity contribution in [1.29, 1.82) is 0 Å². The Bertz CT molecular complexity index is 470. The summed E-state index contributed by atoms with van der Waals surface area (Å²) in [5, 5.41) is 6.94. The minimum Gasteiger partial charge on any atom is -0.371 e. The van der Waals surface area contributed by atoms with Crippen molar-refractivity contribution in [3.8, 4) is 0 Å². The fourth-order valence-corrected chi connectivity index (χ4v) is 2.83. The van der Waals surface area contributed by atoms with Crippen molar-refractivity contribution in [2.45, 2.75) is 43.8 Å². The molecule has 2 saturated heterocycles. The second-order valence-electron chi connectivity index (χ2n) is 5.49. The summed E-state index contributed by atoms with van der Waals surface area (Å²) in [5.41, 5.74) is 0. The van der Waals surface area contributed by atoms with Gasteiger partial charge in [-0.3, -0.25) is 9.89 Å². The van der Waals surface area contributed by atoms with E-state index in [2.05, 4.69) is 15.2 Å². The SMILES string of the molecule is O=C(c1n[nH]c(C2CC2)n1)N1CC2CCC(C1)O2. The molecule has 6 nitrogen and oxygen atoms in total. The number of nitrogens with one attached hydrogen (secondary N) is 1. The second kappa shape index (κ2) is 3.78. The molecule has 1 aromatic rings. The molecule has 1 N–H and O–H groups in total. The number of rotatable bonds is 2. The number of aromatic nitrogens is 3. The van der Waals surface area contributed by atoms with Crippen molar-refractivity contribution < 1.29 is 9.53 Å². The Morgan fingerprint density at radius 2 is 1.94 bits per heavy atom. The Kier molecular flexibility index (Phi) is 2.20. The number of fused-ring (bicyclic) bond motifs is 2. The van der Waals surface area contributed by atoms with Crippen molar-refractivity contribution in [3.63, 3.8) is 0 Å². The van der Waals surface area contributed by atoms with Crippen LogP contribution >= 0.6 is 0 Å². The summed E-state index contributed by atoms with van der Waals surface area (Å²) in [6.07, 6.45) is 4.88. The van der Waals surface area contributed by atoms with Gasteiger partial charge in [0, 0.05) is 19.0 Å². The number of amides is 1. The molecule has 3 aliphatic rings. The third-order valence-corrected chi connectivity index (χ3v) is 3.99. The molecule has 0 spiro atoms. The monoisotopic (exact) mass is 248 g/mol. The van der Waals surface area contributed by atoms with Gasteiger partial charge in [-0.15, -0.1) is 5.10 Å². The van der Waals surface area contributed by atoms with E-state index in [-0.39, 0.29) is 18.1 Å². The van der Waals surface area contributed by atoms with Gasteiger partial charge in [-0.05, 0) is 25.7 Å². The van der Waals surface area contributed by atoms with E-state index in [0.29, 0.717) is 24.8 Å². The van der Waals surface area contributed by atoms with Gasteiger partial charge in [-0.25, -0.2) is 4.98 Å². The molecular formula is C12H16N4O2. The predicted octanol–water partition coefficient (Wildman–Crippen LogP) is 0.685. The van der Waals surface area contributed by atoms with Crippen molar-refractivity contribution in [3.05, 3.63) is 11.6 Å². The number of hydrogen-bond acceptors (Lipinski definition) is 4. The zero-order valence-electron chi connectivity index (χ0n) is 10.1. The first-order chi connectivity index (χ1) is 8.79. The summed E-state index contributed by atoms with van der Waals surface area (Å²) < 4.78 is 5.72. The number of morpholine rings is 1. The van der Waals surface area contributed by atoms with Crippen molar-refractivity contribution in [2.75, 3.05) is 13.1 Å². The van der Waals surface area contributed by atoms with Crippen LogP contribution in [0.25, 0.3) is 0 Å². The molecule has 3 fully saturated rings. The number of carbonyl (C=O) groups is 1. The maximum absolute atomic E-state index is 12.3. The highest BCUT2D eigenvalue weighted by Gasteiger charge is 2.37. The van der Waals surface area contributed by atoms with Crippen LogP contribution in [0.15, 0.2) is 0 Å². The molecule has 1 amide bonds. The van der Waals surface area contributed by atoms with Crippen LogP contribution in [0.2, 0.25) is 0 Å². The van der Waals surface area contributed by atoms with Gasteiger partial charge >= 0.3 is 0 Å². The molecule has 1 aromatic heterocycles. The number of nitrogens with zero attached hydrogens (tertiary/aromatic N) is 3. The highest BCUT2D eigenvalue weighted by Crippen LogP contribution is 2.37. The molecule has 1 aliphatic carbocycles. The van der Waals surface area contributed by atoms with Crippen LogP contribution in [-0.2, 0) is 4.74 Å². The van der Waals surface area contributed by atoms with E-state index in [9.17, 15) is 4.79 Å². The number of aromatic amines is 1. The lowest BCUT2D eigenvalue weighted by Gasteiger charge is -2.31. The van der Waals surface area contributed by atoms with Crippen molar-refractivity contribution in [2.24, 2.45) is 0 Å². The average molecular weight is 248 g/mol. The maximum atomic E-state index is 12.3. The van der Waals surface area contributed by atoms with E-state index in [0.717, 1.165) is 31.5 Å². The maximum Gasteiger partial charge on any atom is 0.293 e. The predicted molar refractivity (Wildman–Crippen MR) is 62.2 cm³/mol. The van der Waals surface area contributed by atoms with E-state index in [1.165, 1.54) is 0 Å². The fourth-order valence-electron chi connectivity index (χ4n) is 2.83. The number of carbonyl (C=O) groups excluding carboxylic acids is 1. The largest absolute Gasteiger partial charge is 0.371 e. The summed E-state index contributed by atoms with van der Waals surface area (Å²) in [7, 11) is 0. The molecule has 1 saturated carbocycles. The lowest BCUT2D eigenvalue weighted by molar-refractivity contribution is -0.0307. The van der Waals surface area contributed by atoms with Gasteiger partial charge in [0.05, 0.1) is 12.2 Å². The van der Waals surface area contributed by atoms with Crippen LogP contribution in [-0.4, -0.2) is 51.3 Å². The normalized spacial score (nSPS) is 30.8. The molecule has 2 atom stereocenters. The number of ether oxygens (including phenoxy) is 1. The first-order valence-electron chi connectivity index (χ1n) is 6.66. The minimum absolute atomic E-state index is 0.0571. The summed E-state index contributed by atoms with van der Waals surface area (Å²) >= 11 is 0. The van der Waals surface area contributed by atoms with Gasteiger partial charge < -0.3 is 9.64 Å². The van der Waals surface area contributed by atoms with E-state index >= 15 is 0 Å². The van der Waals surface area contributed by atoms with E-state index in [4.69, 9.17) is 4.74 Å². The van der Waals surface area contributed by atoms with Crippen LogP contribution < -0.4 is 0 Å². The lowest BCUT2D eigenvalue weighted by atomic mass is 10.2. The Balaban J connectivity index is 1.51. The summed E-state index contributed by atoms with van der Waals surface area (Å²) in [6.45, 7) is 1.37. The average Bonchev–Trinajstić information content (AvgIpc) is 3.03. The zero-order valence-corrected chi connectivity index (χ0v) is 10.1. The molecule has 3 heterocycles. The highest BCUT2D eigenvalue weighted by atomic mass is 16.5. The minimum atomic E-state index is -0.0571. The number of hydrogen-bond donors (Lipinski definition) is 1. The topological polar surface area (TPSA) is 71.1 Å². The summed E-state index contributed by atoms with van der Waals surface area (Å²) in [5.74, 6) is 1.63. The van der Waals surface area contributed by atoms with Crippen LogP contribution in [0.4, 0.5) is 0 Å². The Hall–Kier alpha value is -1.43. The molecule has 2 bridgehead atoms. The van der Waals surface area contributed by atoms with Crippen LogP contribution in [0.5, 0.6) is 0 Å². The standard InChI is InChI=1S/C12H16N4O2/c17-12(11-13-10(14-15-11)7-1-2-7)16-5-8-3-4-9(6-16)18-8/h7-9H,1-6H2,(H,13,14,15). The molecule has 96 valence electrons. The molecule has 2 unspecified atom stereocenters. The highest BCUT2D eigenvalue weighted by molar-refractivity contribution is 5.90. The second-order valence-corrected chi connectivity index (χ2v) is 5.49. The van der Waals surface area contributed by atoms with Gasteiger partial charge in [-0.2, -0.15) is 0 Å². The zero-order chi connectivity index (χ0) is 12.1. The molecule has 2 aliphatic heterocycles. The summed E-state index contributed by atoms with van der Waals surface area (Å²) in [4.78, 5) is 18.5. The molecule has 4 rings (SSSR count). The van der Waals surface area contributed by atoms with Gasteiger partial charge in [0.15, 0.2) is 0 Å². The van der Waals surface area contributed by atoms with Gasteiger partial charge in [0.1, 0.15) is 5.82 Å². The first-order valence-corrected chi connectivity index (χ1v) is 6.66. The van der Waals surface area contributed by atoms with Gasteiger partial charge in [-0.1, -0.05) is 0 Å². The van der Waals surface area contributed by atoms with Crippen LogP contribution in [0.1, 0.15) is 48.0 Å². The van der Waals surface area contributed by atoms with Crippen LogP contribution in [0.3, 0.4) is 0 Å². The quantitative estimate of drug-likeness (QED) is 0.835. The van der Waals surface area contributed by atoms with Crippen molar-refractivity contribution in [1.82, 2.24) is 20.1 Å². The fraction of sp³-hybridized carbons (Fsp3) is 0.750. The van der Waals surface area contributed by atoms with E-state index in [1.54, 1.807) is 0 Å². The Morgan fingerprint density at radius 3 is 2.61 bits per heavy atom. The van der Waals surface area contributed by atoms with E-state index < -0.39 is 0 Å². The molecule has 0 radical (unpaired) electrons. The number of H-pyrrole nitrogens is 1. The summed E-state index contributed by atoms with van der Waals surface area (Å²) in [6, 6.07) is 0. The lowest BCUT2D eigenvalue weighted by Crippen LogP contribution is -2.46. The third-order valence-electron chi connectivity index (χ3n) is 3.99. The molecule has 18 heavy (non-hydrogen) atoms. The Morgan fingerprint density at radius 1 is 1.22 bits per heavy atom. The number of likely N-dealkylation sites (tertiary alicyclic amines) is 1. The molecule has 6 heteroatoms. The first kappa shape index (κ1) is 10.5.